The van der Waals surface area contributed by atoms with Crippen LogP contribution in [0.25, 0.3) is 0 Å². The van der Waals surface area contributed by atoms with Crippen molar-refractivity contribution in [2.75, 3.05) is 26.2 Å². The molecule has 18 heavy (non-hydrogen) atoms. The van der Waals surface area contributed by atoms with E-state index in [1.54, 1.807) is 0 Å². The normalized spacial score (nSPS) is 24.1. The summed E-state index contributed by atoms with van der Waals surface area (Å²) < 4.78 is 0. The lowest BCUT2D eigenvalue weighted by atomic mass is 10.1. The van der Waals surface area contributed by atoms with Gasteiger partial charge in [-0.15, -0.1) is 12.6 Å². The number of nitrogens with zero attached hydrogens (tertiary/aromatic N) is 2. The summed E-state index contributed by atoms with van der Waals surface area (Å²) in [5, 5.41) is 0. The molecule has 0 aromatic heterocycles. The van der Waals surface area contributed by atoms with Gasteiger partial charge in [-0.2, -0.15) is 0 Å². The number of amides is 1. The minimum atomic E-state index is 0.132. The van der Waals surface area contributed by atoms with Crippen molar-refractivity contribution < 1.29 is 4.79 Å². The maximum Gasteiger partial charge on any atom is 0.255 e. The van der Waals surface area contributed by atoms with Crippen LogP contribution in [-0.4, -0.2) is 47.9 Å². The Morgan fingerprint density at radius 1 is 1.22 bits per heavy atom. The number of rotatable bonds is 1. The zero-order chi connectivity index (χ0) is 12.5. The molecule has 0 bridgehead atoms. The van der Waals surface area contributed by atoms with Crippen LogP contribution in [-0.2, 0) is 0 Å². The molecular formula is C14H18N2OS. The number of piperazine rings is 1. The first kappa shape index (κ1) is 12.1. The molecule has 0 saturated carbocycles. The summed E-state index contributed by atoms with van der Waals surface area (Å²) >= 11 is 4.37. The van der Waals surface area contributed by atoms with Gasteiger partial charge >= 0.3 is 0 Å². The molecule has 3 nitrogen and oxygen atoms in total. The number of thiol groups is 1. The fourth-order valence-corrected chi connectivity index (χ4v) is 3.26. The van der Waals surface area contributed by atoms with Gasteiger partial charge < -0.3 is 4.90 Å². The van der Waals surface area contributed by atoms with Crippen LogP contribution < -0.4 is 0 Å². The van der Waals surface area contributed by atoms with Crippen molar-refractivity contribution in [1.82, 2.24) is 9.80 Å². The summed E-state index contributed by atoms with van der Waals surface area (Å²) in [4.78, 5) is 17.7. The predicted octanol–water partition coefficient (Wildman–Crippen LogP) is 1.90. The van der Waals surface area contributed by atoms with Gasteiger partial charge in [0.25, 0.3) is 5.91 Å². The molecule has 3 rings (SSSR count). The number of fused-ring (bicyclic) bond motifs is 1. The highest BCUT2D eigenvalue weighted by molar-refractivity contribution is 7.80. The molecule has 1 unspecified atom stereocenters. The molecule has 2 saturated heterocycles. The van der Waals surface area contributed by atoms with Crippen LogP contribution in [0.1, 0.15) is 23.2 Å². The molecule has 2 heterocycles. The maximum absolute atomic E-state index is 12.5. The molecular weight excluding hydrogens is 244 g/mol. The van der Waals surface area contributed by atoms with Gasteiger partial charge in [-0.1, -0.05) is 12.1 Å². The van der Waals surface area contributed by atoms with Crippen LogP contribution >= 0.6 is 12.6 Å². The second kappa shape index (κ2) is 4.94. The van der Waals surface area contributed by atoms with Crippen molar-refractivity contribution in [1.29, 1.82) is 0 Å². The largest absolute Gasteiger partial charge is 0.336 e. The molecule has 0 aliphatic carbocycles. The maximum atomic E-state index is 12.5. The molecule has 96 valence electrons. The predicted molar refractivity (Wildman–Crippen MR) is 74.2 cm³/mol. The Hall–Kier alpha value is -1.00. The second-order valence-electron chi connectivity index (χ2n) is 5.10. The van der Waals surface area contributed by atoms with Gasteiger partial charge in [0.15, 0.2) is 0 Å². The standard InChI is InChI=1S/C14H18N2OS/c17-14(12-5-1-2-6-13(12)18)16-9-8-15-7-3-4-11(15)10-16/h1-2,5-6,11,18H,3-4,7-10H2. The van der Waals surface area contributed by atoms with Crippen molar-refractivity contribution in [2.45, 2.75) is 23.8 Å². The van der Waals surface area contributed by atoms with Gasteiger partial charge in [0.05, 0.1) is 5.56 Å². The lowest BCUT2D eigenvalue weighted by molar-refractivity contribution is 0.0568. The van der Waals surface area contributed by atoms with Gasteiger partial charge in [-0.05, 0) is 31.5 Å². The lowest BCUT2D eigenvalue weighted by Gasteiger charge is -2.37. The van der Waals surface area contributed by atoms with Crippen LogP contribution in [0, 0.1) is 0 Å². The van der Waals surface area contributed by atoms with Crippen LogP contribution in [0.2, 0.25) is 0 Å². The lowest BCUT2D eigenvalue weighted by Crippen LogP contribution is -2.52. The summed E-state index contributed by atoms with van der Waals surface area (Å²) in [5.41, 5.74) is 0.729. The molecule has 0 spiro atoms. The second-order valence-corrected chi connectivity index (χ2v) is 5.58. The van der Waals surface area contributed by atoms with E-state index in [-0.39, 0.29) is 5.91 Å². The van der Waals surface area contributed by atoms with Crippen molar-refractivity contribution in [3.8, 4) is 0 Å². The number of hydrogen-bond donors (Lipinski definition) is 1. The molecule has 1 aromatic carbocycles. The van der Waals surface area contributed by atoms with Gasteiger partial charge in [0, 0.05) is 30.6 Å². The van der Waals surface area contributed by atoms with E-state index in [0.29, 0.717) is 6.04 Å². The number of carbonyl (C=O) groups is 1. The van der Waals surface area contributed by atoms with E-state index in [1.807, 2.05) is 29.2 Å². The Morgan fingerprint density at radius 2 is 2.06 bits per heavy atom. The van der Waals surface area contributed by atoms with Crippen LogP contribution in [0.5, 0.6) is 0 Å². The first-order chi connectivity index (χ1) is 8.75. The molecule has 1 amide bonds. The summed E-state index contributed by atoms with van der Waals surface area (Å²) in [5.74, 6) is 0.132. The van der Waals surface area contributed by atoms with E-state index in [4.69, 9.17) is 0 Å². The summed E-state index contributed by atoms with van der Waals surface area (Å²) in [6.07, 6.45) is 2.50. The van der Waals surface area contributed by atoms with Crippen LogP contribution in [0.3, 0.4) is 0 Å². The average molecular weight is 262 g/mol. The third kappa shape index (κ3) is 2.15. The highest BCUT2D eigenvalue weighted by atomic mass is 32.1. The van der Waals surface area contributed by atoms with Crippen LogP contribution in [0.15, 0.2) is 29.2 Å². The van der Waals surface area contributed by atoms with E-state index in [1.165, 1.54) is 19.4 Å². The number of hydrogen-bond acceptors (Lipinski definition) is 3. The Balaban J connectivity index is 1.75. The summed E-state index contributed by atoms with van der Waals surface area (Å²) in [6.45, 7) is 3.94. The van der Waals surface area contributed by atoms with E-state index >= 15 is 0 Å². The Bertz CT molecular complexity index is 463. The molecule has 2 aliphatic rings. The van der Waals surface area contributed by atoms with E-state index in [9.17, 15) is 4.79 Å². The molecule has 1 aromatic rings. The smallest absolute Gasteiger partial charge is 0.255 e. The van der Waals surface area contributed by atoms with Crippen molar-refractivity contribution in [3.05, 3.63) is 29.8 Å². The topological polar surface area (TPSA) is 23.6 Å². The van der Waals surface area contributed by atoms with Gasteiger partial charge in [-0.25, -0.2) is 0 Å². The molecule has 0 N–H and O–H groups in total. The molecule has 1 atom stereocenters. The molecule has 0 radical (unpaired) electrons. The van der Waals surface area contributed by atoms with Gasteiger partial charge in [0.1, 0.15) is 0 Å². The third-order valence-corrected chi connectivity index (χ3v) is 4.40. The minimum absolute atomic E-state index is 0.132. The third-order valence-electron chi connectivity index (χ3n) is 4.01. The Morgan fingerprint density at radius 3 is 2.89 bits per heavy atom. The first-order valence-corrected chi connectivity index (χ1v) is 7.02. The van der Waals surface area contributed by atoms with Gasteiger partial charge in [0.2, 0.25) is 0 Å². The minimum Gasteiger partial charge on any atom is -0.336 e. The SMILES string of the molecule is O=C(c1ccccc1S)N1CCN2CCCC2C1. The molecule has 2 aliphatic heterocycles. The van der Waals surface area contributed by atoms with E-state index in [0.717, 1.165) is 30.1 Å². The van der Waals surface area contributed by atoms with Crippen LogP contribution in [0.4, 0.5) is 0 Å². The summed E-state index contributed by atoms with van der Waals surface area (Å²) in [6, 6.07) is 8.13. The average Bonchev–Trinajstić information content (AvgIpc) is 2.85. The highest BCUT2D eigenvalue weighted by Crippen LogP contribution is 2.23. The quantitative estimate of drug-likeness (QED) is 0.781. The monoisotopic (exact) mass is 262 g/mol. The van der Waals surface area contributed by atoms with E-state index < -0.39 is 0 Å². The van der Waals surface area contributed by atoms with E-state index in [2.05, 4.69) is 17.5 Å². The molecule has 2 fully saturated rings. The number of benzene rings is 1. The highest BCUT2D eigenvalue weighted by Gasteiger charge is 2.32. The fraction of sp³-hybridized carbons (Fsp3) is 0.500. The zero-order valence-electron chi connectivity index (χ0n) is 10.4. The fourth-order valence-electron chi connectivity index (χ4n) is 3.00. The van der Waals surface area contributed by atoms with Crippen molar-refractivity contribution >= 4 is 18.5 Å². The summed E-state index contributed by atoms with van der Waals surface area (Å²) in [7, 11) is 0. The number of carbonyl (C=O) groups excluding carboxylic acids is 1. The molecule has 4 heteroatoms. The van der Waals surface area contributed by atoms with Crippen molar-refractivity contribution in [3.63, 3.8) is 0 Å². The van der Waals surface area contributed by atoms with Gasteiger partial charge in [-0.3, -0.25) is 9.69 Å². The van der Waals surface area contributed by atoms with Crippen molar-refractivity contribution in [2.24, 2.45) is 0 Å². The first-order valence-electron chi connectivity index (χ1n) is 6.57. The Labute approximate surface area is 113 Å². The zero-order valence-corrected chi connectivity index (χ0v) is 11.3. The Kier molecular flexibility index (Phi) is 3.31.